The van der Waals surface area contributed by atoms with Gasteiger partial charge >= 0.3 is 0 Å². The highest BCUT2D eigenvalue weighted by atomic mass is 32.1. The first-order valence-corrected chi connectivity index (χ1v) is 24.2. The number of fused-ring (bicyclic) bond motifs is 7. The van der Waals surface area contributed by atoms with Crippen molar-refractivity contribution in [1.82, 2.24) is 41.0 Å². The first-order valence-electron chi connectivity index (χ1n) is 22.6. The van der Waals surface area contributed by atoms with Crippen LogP contribution >= 0.6 is 22.7 Å². The van der Waals surface area contributed by atoms with Gasteiger partial charge in [0.15, 0.2) is 10.0 Å². The molecule has 4 aromatic rings. The number of ether oxygens (including phenoxy) is 2. The predicted octanol–water partition coefficient (Wildman–Crippen LogP) is 1.41. The maximum absolute atomic E-state index is 14.4. The summed E-state index contributed by atoms with van der Waals surface area (Å²) in [6, 6.07) is 12.4. The predicted molar refractivity (Wildman–Crippen MR) is 255 cm³/mol. The zero-order valence-corrected chi connectivity index (χ0v) is 39.9. The highest BCUT2D eigenvalue weighted by Gasteiger charge is 2.44. The number of aliphatic hydroxyl groups is 2. The van der Waals surface area contributed by atoms with E-state index in [2.05, 4.69) is 31.9 Å². The number of nitrogens with one attached hydrogen (secondary N) is 6. The number of hydrogen-bond donors (Lipinski definition) is 8. The van der Waals surface area contributed by atoms with Gasteiger partial charge in [-0.15, -0.1) is 0 Å². The Hall–Kier alpha value is -5.72. The molecule has 2 unspecified atom stereocenters. The monoisotopic (exact) mass is 974 g/mol. The molecular weight excluding hydrogens is 917 g/mol. The molecule has 68 heavy (non-hydrogen) atoms. The van der Waals surface area contributed by atoms with Crippen LogP contribution in [0.4, 0.5) is 10.0 Å². The fourth-order valence-corrected chi connectivity index (χ4v) is 9.99. The minimum absolute atomic E-state index is 0.0611. The molecule has 22 heteroatoms. The summed E-state index contributed by atoms with van der Waals surface area (Å²) in [5, 5.41) is 40.5. The fourth-order valence-electron chi connectivity index (χ4n) is 7.99. The summed E-state index contributed by atoms with van der Waals surface area (Å²) in [5.74, 6) is -3.31. The van der Waals surface area contributed by atoms with Crippen LogP contribution in [-0.2, 0) is 38.2 Å². The number of amides is 6. The first kappa shape index (κ1) is 50.2. The number of anilines is 2. The average molecular weight is 975 g/mol. The number of rotatable bonds is 8. The number of carbonyl (C=O) groups excluding carboxylic acids is 6. The van der Waals surface area contributed by atoms with Gasteiger partial charge in [-0.1, -0.05) is 83.3 Å². The molecule has 3 aliphatic heterocycles. The Morgan fingerprint density at radius 3 is 1.41 bits per heavy atom. The Balaban J connectivity index is 1.27. The summed E-state index contributed by atoms with van der Waals surface area (Å²) in [6.07, 6.45) is -1.28. The molecule has 364 valence electrons. The largest absolute Gasteiger partial charge is 0.391 e. The van der Waals surface area contributed by atoms with Crippen molar-refractivity contribution in [1.29, 1.82) is 0 Å². The van der Waals surface area contributed by atoms with Crippen molar-refractivity contribution in [3.8, 4) is 32.5 Å². The molecule has 5 heterocycles. The second-order valence-electron chi connectivity index (χ2n) is 16.9. The summed E-state index contributed by atoms with van der Waals surface area (Å²) < 4.78 is 11.8. The van der Waals surface area contributed by atoms with Gasteiger partial charge in [0.25, 0.3) is 0 Å². The Kier molecular flexibility index (Phi) is 17.0. The van der Waals surface area contributed by atoms with Crippen LogP contribution in [0, 0.1) is 0 Å². The van der Waals surface area contributed by atoms with E-state index in [1.807, 2.05) is 60.7 Å². The number of carbonyl (C=O) groups is 6. The maximum atomic E-state index is 14.4. The molecule has 2 fully saturated rings. The van der Waals surface area contributed by atoms with Crippen molar-refractivity contribution in [2.75, 3.05) is 64.2 Å². The minimum atomic E-state index is -1.20. The summed E-state index contributed by atoms with van der Waals surface area (Å²) in [7, 11) is 3.21. The van der Waals surface area contributed by atoms with E-state index in [9.17, 15) is 39.0 Å². The number of aliphatic hydroxyl groups excluding tert-OH is 2. The van der Waals surface area contributed by atoms with E-state index < -0.39 is 83.9 Å². The van der Waals surface area contributed by atoms with Crippen LogP contribution in [0.1, 0.15) is 39.5 Å². The van der Waals surface area contributed by atoms with Crippen molar-refractivity contribution in [2.24, 2.45) is 0 Å². The van der Waals surface area contributed by atoms with E-state index in [0.29, 0.717) is 55.4 Å². The van der Waals surface area contributed by atoms with Gasteiger partial charge in [-0.05, 0) is 40.8 Å². The van der Waals surface area contributed by atoms with Crippen LogP contribution in [-0.4, -0.2) is 167 Å². The van der Waals surface area contributed by atoms with Crippen LogP contribution in [0.25, 0.3) is 32.5 Å². The van der Waals surface area contributed by atoms with Crippen molar-refractivity contribution in [3.05, 3.63) is 60.7 Å². The molecule has 20 nitrogen and oxygen atoms in total. The zero-order valence-electron chi connectivity index (χ0n) is 38.2. The molecule has 8 N–H and O–H groups in total. The SMILES string of the molecule is CN[C@@H](C)C(=O)NC1COCCCCOC[C@H](NC(=O)[C@H](C)NC)C(=O)N2C[C@@H](O)CC2C(=O)Nc2sc(nc2-c2ccccc2)-c2nc(-c3ccccc3)c(s2)NC(=O)[C@@H]2C[C@H](O)CN2C1=O. The summed E-state index contributed by atoms with van der Waals surface area (Å²) in [6.45, 7) is 2.79. The van der Waals surface area contributed by atoms with E-state index in [4.69, 9.17) is 19.4 Å². The number of aromatic nitrogens is 2. The molecule has 0 saturated carbocycles. The molecule has 0 spiro atoms. The van der Waals surface area contributed by atoms with Crippen molar-refractivity contribution >= 4 is 68.1 Å². The lowest BCUT2D eigenvalue weighted by molar-refractivity contribution is -0.142. The Morgan fingerprint density at radius 2 is 1.04 bits per heavy atom. The number of benzene rings is 2. The van der Waals surface area contributed by atoms with E-state index >= 15 is 0 Å². The number of hydrogen-bond acceptors (Lipinski definition) is 16. The lowest BCUT2D eigenvalue weighted by Gasteiger charge is -2.29. The van der Waals surface area contributed by atoms with Gasteiger partial charge in [-0.3, -0.25) is 28.8 Å². The molecule has 3 aliphatic rings. The van der Waals surface area contributed by atoms with Gasteiger partial charge in [-0.2, -0.15) is 0 Å². The van der Waals surface area contributed by atoms with E-state index in [-0.39, 0.29) is 52.4 Å². The molecular formula is C46H58N10O10S2. The summed E-state index contributed by atoms with van der Waals surface area (Å²) in [4.78, 5) is 96.2. The van der Waals surface area contributed by atoms with Gasteiger partial charge in [0, 0.05) is 50.3 Å². The van der Waals surface area contributed by atoms with Gasteiger partial charge in [0.05, 0.1) is 37.5 Å². The van der Waals surface area contributed by atoms with Crippen molar-refractivity contribution in [3.63, 3.8) is 0 Å². The average Bonchev–Trinajstić information content (AvgIpc) is 4.15. The third-order valence-corrected chi connectivity index (χ3v) is 14.1. The third-order valence-electron chi connectivity index (χ3n) is 12.0. The Bertz CT molecular complexity index is 2260. The molecule has 2 aromatic carbocycles. The van der Waals surface area contributed by atoms with E-state index in [0.717, 1.165) is 22.7 Å². The molecule has 0 aliphatic carbocycles. The van der Waals surface area contributed by atoms with Crippen molar-refractivity contribution < 1.29 is 48.5 Å². The van der Waals surface area contributed by atoms with Gasteiger partial charge in [-0.25, -0.2) is 9.97 Å². The van der Waals surface area contributed by atoms with Gasteiger partial charge in [0.1, 0.15) is 45.6 Å². The lowest BCUT2D eigenvalue weighted by Crippen LogP contribution is -2.56. The number of thiazole rings is 2. The Morgan fingerprint density at radius 1 is 0.662 bits per heavy atom. The van der Waals surface area contributed by atoms with Crippen LogP contribution < -0.4 is 31.9 Å². The lowest BCUT2D eigenvalue weighted by atomic mass is 10.1. The quantitative estimate of drug-likeness (QED) is 0.124. The number of nitrogens with zero attached hydrogens (tertiary/aromatic N) is 4. The minimum Gasteiger partial charge on any atom is -0.391 e. The second-order valence-corrected chi connectivity index (χ2v) is 18.9. The van der Waals surface area contributed by atoms with Gasteiger partial charge < -0.3 is 61.4 Å². The second kappa shape index (κ2) is 23.1. The van der Waals surface area contributed by atoms with Crippen molar-refractivity contribution in [2.45, 2.75) is 88.0 Å². The Labute approximate surface area is 401 Å². The molecule has 2 saturated heterocycles. The first-order chi connectivity index (χ1) is 32.8. The molecule has 0 radical (unpaired) electrons. The summed E-state index contributed by atoms with van der Waals surface area (Å²) >= 11 is 2.26. The highest BCUT2D eigenvalue weighted by Crippen LogP contribution is 2.44. The highest BCUT2D eigenvalue weighted by molar-refractivity contribution is 7.25. The van der Waals surface area contributed by atoms with Crippen LogP contribution in [0.2, 0.25) is 0 Å². The molecule has 6 amide bonds. The molecule has 4 bridgehead atoms. The topological polar surface area (TPSA) is 266 Å². The smallest absolute Gasteiger partial charge is 0.248 e. The standard InChI is InChI=1S/C46H58N10O10S2/c1-25(47-3)37(59)49-31-23-65-17-11-12-18-66-24-32(50-38(60)26(2)48-4)46(64)56-22-30(58)20-34(56)40(62)54-42-36(28-15-9-6-10-16-28)52-44(68-42)43-51-35(27-13-7-5-8-14-27)41(67-43)53-39(61)33-19-29(57)21-55(33)45(31)63/h5-10,13-16,25-26,29-34,47-48,57-58H,11-12,17-24H2,1-4H3,(H,49,59)(H,50,60)(H,53,61)(H,54,62)/t25-,26-,29-,30-,31-,32?,33?,34-/m0/s1. The fraction of sp³-hybridized carbons (Fsp3) is 0.478. The number of likely N-dealkylation sites (N-methyl/N-ethyl adjacent to an activating group) is 2. The van der Waals surface area contributed by atoms with Crippen LogP contribution in [0.15, 0.2) is 60.7 Å². The summed E-state index contributed by atoms with van der Waals surface area (Å²) in [5.41, 5.74) is 2.17. The molecule has 2 aromatic heterocycles. The van der Waals surface area contributed by atoms with Crippen LogP contribution in [0.5, 0.6) is 0 Å². The zero-order chi connectivity index (χ0) is 48.5. The van der Waals surface area contributed by atoms with Gasteiger partial charge in [0.2, 0.25) is 35.4 Å². The maximum Gasteiger partial charge on any atom is 0.248 e. The third kappa shape index (κ3) is 11.9. The van der Waals surface area contributed by atoms with E-state index in [1.165, 1.54) is 9.80 Å². The molecule has 7 rings (SSSR count). The van der Waals surface area contributed by atoms with E-state index in [1.54, 1.807) is 27.9 Å². The molecule has 8 atom stereocenters. The normalized spacial score (nSPS) is 24.3. The van der Waals surface area contributed by atoms with Crippen LogP contribution in [0.3, 0.4) is 0 Å².